The summed E-state index contributed by atoms with van der Waals surface area (Å²) in [7, 11) is -3.86. The lowest BCUT2D eigenvalue weighted by molar-refractivity contribution is 0.102. The van der Waals surface area contributed by atoms with E-state index in [1.54, 1.807) is 24.3 Å². The second kappa shape index (κ2) is 10.00. The summed E-state index contributed by atoms with van der Waals surface area (Å²) < 4.78 is 27.5. The Bertz CT molecular complexity index is 989. The average molecular weight is 461 g/mol. The molecule has 144 valence electrons. The number of nitrogens with one attached hydrogen (secondary N) is 1. The maximum Gasteiger partial charge on any atom is 0.255 e. The Morgan fingerprint density at radius 3 is 2.00 bits per heavy atom. The molecule has 0 unspecified atom stereocenters. The van der Waals surface area contributed by atoms with Crippen LogP contribution in [0.2, 0.25) is 0 Å². The monoisotopic (exact) mass is 460 g/mol. The normalized spacial score (nSPS) is 10.9. The third-order valence-electron chi connectivity index (χ3n) is 3.80. The Morgan fingerprint density at radius 2 is 1.50 bits per heavy atom. The number of anilines is 1. The number of nitriles is 2. The number of nitrogens with zero attached hydrogens (tertiary/aromatic N) is 3. The molecule has 0 saturated carbocycles. The molecule has 1 amide bonds. The van der Waals surface area contributed by atoms with Crippen LogP contribution in [0.4, 0.5) is 5.69 Å². The summed E-state index contributed by atoms with van der Waals surface area (Å²) in [6, 6.07) is 16.4. The Morgan fingerprint density at radius 1 is 0.964 bits per heavy atom. The van der Waals surface area contributed by atoms with Crippen LogP contribution in [0.3, 0.4) is 0 Å². The number of hydrogen-bond acceptors (Lipinski definition) is 5. The SMILES string of the molecule is N#CCCN(CCC#N)S(=O)(=O)c1ccc(C(=O)Nc2ccc(Br)cc2)cc1. The van der Waals surface area contributed by atoms with Gasteiger partial charge in [-0.05, 0) is 48.5 Å². The van der Waals surface area contributed by atoms with E-state index in [-0.39, 0.29) is 36.7 Å². The van der Waals surface area contributed by atoms with Gasteiger partial charge in [0.2, 0.25) is 10.0 Å². The van der Waals surface area contributed by atoms with Crippen LogP contribution in [-0.4, -0.2) is 31.7 Å². The molecule has 0 aliphatic heterocycles. The number of halogens is 1. The fourth-order valence-corrected chi connectivity index (χ4v) is 4.07. The van der Waals surface area contributed by atoms with Crippen LogP contribution >= 0.6 is 15.9 Å². The summed E-state index contributed by atoms with van der Waals surface area (Å²) >= 11 is 3.32. The molecule has 0 atom stereocenters. The van der Waals surface area contributed by atoms with E-state index in [2.05, 4.69) is 21.2 Å². The zero-order valence-electron chi connectivity index (χ0n) is 14.8. The van der Waals surface area contributed by atoms with E-state index < -0.39 is 10.0 Å². The van der Waals surface area contributed by atoms with Crippen molar-refractivity contribution in [1.29, 1.82) is 10.5 Å². The smallest absolute Gasteiger partial charge is 0.255 e. The van der Waals surface area contributed by atoms with Crippen molar-refractivity contribution in [3.63, 3.8) is 0 Å². The van der Waals surface area contributed by atoms with Crippen molar-refractivity contribution in [2.75, 3.05) is 18.4 Å². The molecule has 2 aromatic rings. The average Bonchev–Trinajstić information content (AvgIpc) is 2.69. The van der Waals surface area contributed by atoms with Gasteiger partial charge in [-0.1, -0.05) is 15.9 Å². The molecule has 0 radical (unpaired) electrons. The fraction of sp³-hybridized carbons (Fsp3) is 0.211. The maximum absolute atomic E-state index is 12.8. The summed E-state index contributed by atoms with van der Waals surface area (Å²) in [4.78, 5) is 12.3. The zero-order valence-corrected chi connectivity index (χ0v) is 17.2. The predicted molar refractivity (Wildman–Crippen MR) is 108 cm³/mol. The van der Waals surface area contributed by atoms with Crippen molar-refractivity contribution < 1.29 is 13.2 Å². The molecule has 0 heterocycles. The lowest BCUT2D eigenvalue weighted by Gasteiger charge is -2.20. The second-order valence-corrected chi connectivity index (χ2v) is 8.56. The number of sulfonamides is 1. The molecule has 2 rings (SSSR count). The zero-order chi connectivity index (χ0) is 20.6. The predicted octanol–water partition coefficient (Wildman–Crippen LogP) is 3.52. The van der Waals surface area contributed by atoms with Crippen LogP contribution in [0.25, 0.3) is 0 Å². The van der Waals surface area contributed by atoms with E-state index >= 15 is 0 Å². The van der Waals surface area contributed by atoms with Crippen LogP contribution in [-0.2, 0) is 10.0 Å². The van der Waals surface area contributed by atoms with E-state index in [0.29, 0.717) is 11.3 Å². The summed E-state index contributed by atoms with van der Waals surface area (Å²) in [5.74, 6) is -0.364. The first-order valence-electron chi connectivity index (χ1n) is 8.29. The Labute approximate surface area is 172 Å². The van der Waals surface area contributed by atoms with Crippen LogP contribution in [0.1, 0.15) is 23.2 Å². The van der Waals surface area contributed by atoms with Crippen molar-refractivity contribution in [2.45, 2.75) is 17.7 Å². The molecule has 0 aliphatic carbocycles. The first kappa shape index (κ1) is 21.6. The number of hydrogen-bond donors (Lipinski definition) is 1. The first-order valence-corrected chi connectivity index (χ1v) is 10.5. The highest BCUT2D eigenvalue weighted by Gasteiger charge is 2.24. The molecule has 0 fully saturated rings. The van der Waals surface area contributed by atoms with E-state index in [1.165, 1.54) is 24.3 Å². The molecule has 0 bridgehead atoms. The highest BCUT2D eigenvalue weighted by atomic mass is 79.9. The van der Waals surface area contributed by atoms with Gasteiger partial charge in [-0.2, -0.15) is 14.8 Å². The molecule has 1 N–H and O–H groups in total. The van der Waals surface area contributed by atoms with Gasteiger partial charge in [0.05, 0.1) is 17.0 Å². The standard InChI is InChI=1S/C19H17BrN4O3S/c20-16-5-7-17(8-6-16)23-19(25)15-3-9-18(10-4-15)28(26,27)24(13-1-11-21)14-2-12-22/h3-10H,1-2,13-14H2,(H,23,25). The first-order chi connectivity index (χ1) is 13.4. The van der Waals surface area contributed by atoms with E-state index in [9.17, 15) is 13.2 Å². The maximum atomic E-state index is 12.8. The molecule has 0 saturated heterocycles. The second-order valence-electron chi connectivity index (χ2n) is 5.71. The molecule has 0 aliphatic rings. The Kier molecular flexibility index (Phi) is 7.70. The van der Waals surface area contributed by atoms with Gasteiger partial charge >= 0.3 is 0 Å². The molecule has 28 heavy (non-hydrogen) atoms. The van der Waals surface area contributed by atoms with Crippen molar-refractivity contribution in [3.8, 4) is 12.1 Å². The summed E-state index contributed by atoms with van der Waals surface area (Å²) in [6.07, 6.45) is 0.0523. The number of carbonyl (C=O) groups excluding carboxylic acids is 1. The van der Waals surface area contributed by atoms with Crippen molar-refractivity contribution in [2.24, 2.45) is 0 Å². The quantitative estimate of drug-likeness (QED) is 0.646. The van der Waals surface area contributed by atoms with Crippen molar-refractivity contribution in [3.05, 3.63) is 58.6 Å². The Hall–Kier alpha value is -2.72. The van der Waals surface area contributed by atoms with Gasteiger partial charge in [0.1, 0.15) is 0 Å². The van der Waals surface area contributed by atoms with E-state index in [4.69, 9.17) is 10.5 Å². The minimum Gasteiger partial charge on any atom is -0.322 e. The molecule has 9 heteroatoms. The molecular formula is C19H17BrN4O3S. The summed E-state index contributed by atoms with van der Waals surface area (Å²) in [6.45, 7) is 0.0125. The summed E-state index contributed by atoms with van der Waals surface area (Å²) in [5.41, 5.74) is 0.923. The van der Waals surface area contributed by atoms with Gasteiger partial charge in [-0.15, -0.1) is 0 Å². The number of carbonyl (C=O) groups is 1. The lowest BCUT2D eigenvalue weighted by atomic mass is 10.2. The molecule has 7 nitrogen and oxygen atoms in total. The molecular weight excluding hydrogens is 444 g/mol. The third kappa shape index (κ3) is 5.64. The lowest BCUT2D eigenvalue weighted by Crippen LogP contribution is -2.32. The highest BCUT2D eigenvalue weighted by molar-refractivity contribution is 9.10. The minimum atomic E-state index is -3.86. The number of benzene rings is 2. The van der Waals surface area contributed by atoms with Crippen LogP contribution in [0.15, 0.2) is 57.9 Å². The van der Waals surface area contributed by atoms with Crippen LogP contribution in [0.5, 0.6) is 0 Å². The topological polar surface area (TPSA) is 114 Å². The van der Waals surface area contributed by atoms with Gasteiger partial charge in [-0.3, -0.25) is 4.79 Å². The molecule has 2 aromatic carbocycles. The van der Waals surface area contributed by atoms with Gasteiger partial charge in [-0.25, -0.2) is 8.42 Å². The Balaban J connectivity index is 2.16. The number of rotatable bonds is 8. The largest absolute Gasteiger partial charge is 0.322 e. The summed E-state index contributed by atoms with van der Waals surface area (Å²) in [5, 5.41) is 20.2. The molecule has 0 spiro atoms. The van der Waals surface area contributed by atoms with E-state index in [0.717, 1.165) is 8.78 Å². The number of amides is 1. The van der Waals surface area contributed by atoms with Gasteiger partial charge in [0.25, 0.3) is 5.91 Å². The van der Waals surface area contributed by atoms with Crippen molar-refractivity contribution in [1.82, 2.24) is 4.31 Å². The molecule has 0 aromatic heterocycles. The van der Waals surface area contributed by atoms with Crippen molar-refractivity contribution >= 4 is 37.5 Å². The van der Waals surface area contributed by atoms with Gasteiger partial charge in [0, 0.05) is 41.7 Å². The van der Waals surface area contributed by atoms with E-state index in [1.807, 2.05) is 12.1 Å². The van der Waals surface area contributed by atoms with Gasteiger partial charge < -0.3 is 5.32 Å². The van der Waals surface area contributed by atoms with Gasteiger partial charge in [0.15, 0.2) is 0 Å². The highest BCUT2D eigenvalue weighted by Crippen LogP contribution is 2.19. The fourth-order valence-electron chi connectivity index (χ4n) is 2.37. The van der Waals surface area contributed by atoms with Crippen LogP contribution in [0, 0.1) is 22.7 Å². The minimum absolute atomic E-state index is 0.00331. The van der Waals surface area contributed by atoms with Crippen LogP contribution < -0.4 is 5.32 Å². The third-order valence-corrected chi connectivity index (χ3v) is 6.24.